The highest BCUT2D eigenvalue weighted by atomic mass is 19.1. The van der Waals surface area contributed by atoms with Gasteiger partial charge in [-0.05, 0) is 18.9 Å². The van der Waals surface area contributed by atoms with Crippen LogP contribution in [0.5, 0.6) is 0 Å². The first kappa shape index (κ1) is 13.0. The maximum absolute atomic E-state index is 13.7. The molecule has 1 aliphatic rings. The van der Waals surface area contributed by atoms with Gasteiger partial charge in [0.15, 0.2) is 0 Å². The summed E-state index contributed by atoms with van der Waals surface area (Å²) < 4.78 is 13.7. The summed E-state index contributed by atoms with van der Waals surface area (Å²) in [5.74, 6) is 0.0890. The van der Waals surface area contributed by atoms with Crippen LogP contribution in [0.15, 0.2) is 18.2 Å². The van der Waals surface area contributed by atoms with Gasteiger partial charge in [0.25, 0.3) is 0 Å². The average Bonchev–Trinajstić information content (AvgIpc) is 2.28. The molecule has 0 spiro atoms. The number of nitrogens with zero attached hydrogens (tertiary/aromatic N) is 1. The van der Waals surface area contributed by atoms with Crippen molar-refractivity contribution in [1.82, 2.24) is 5.32 Å². The Bertz CT molecular complexity index is 433. The van der Waals surface area contributed by atoms with Gasteiger partial charge >= 0.3 is 5.69 Å². The monoisotopic (exact) mass is 252 g/mol. The Balaban J connectivity index is 1.84. The molecule has 0 radical (unpaired) electrons. The van der Waals surface area contributed by atoms with Gasteiger partial charge in [0.2, 0.25) is 5.82 Å². The molecule has 5 heteroatoms. The van der Waals surface area contributed by atoms with Gasteiger partial charge in [-0.15, -0.1) is 0 Å². The molecule has 0 atom stereocenters. The maximum atomic E-state index is 13.7. The fourth-order valence-corrected chi connectivity index (χ4v) is 2.15. The summed E-state index contributed by atoms with van der Waals surface area (Å²) in [6.07, 6.45) is 5.03. The zero-order chi connectivity index (χ0) is 13.0. The molecule has 0 heterocycles. The van der Waals surface area contributed by atoms with E-state index in [-0.39, 0.29) is 0 Å². The first-order valence-corrected chi connectivity index (χ1v) is 6.31. The number of hydrogen-bond donors (Lipinski definition) is 1. The molecule has 1 aromatic carbocycles. The van der Waals surface area contributed by atoms with Gasteiger partial charge in [-0.2, -0.15) is 4.39 Å². The highest BCUT2D eigenvalue weighted by Gasteiger charge is 2.18. The number of benzene rings is 1. The summed E-state index contributed by atoms with van der Waals surface area (Å²) in [5.41, 5.74) is -0.0916. The van der Waals surface area contributed by atoms with Crippen LogP contribution < -0.4 is 5.32 Å². The number of nitro benzene ring substituents is 1. The van der Waals surface area contributed by atoms with Crippen molar-refractivity contribution in [3.05, 3.63) is 39.7 Å². The Kier molecular flexibility index (Phi) is 4.25. The second-order valence-electron chi connectivity index (χ2n) is 4.77. The number of nitrogens with one attached hydrogen (secondary N) is 1. The molecule has 0 saturated heterocycles. The fourth-order valence-electron chi connectivity index (χ4n) is 2.15. The van der Waals surface area contributed by atoms with Crippen molar-refractivity contribution < 1.29 is 9.31 Å². The topological polar surface area (TPSA) is 55.2 Å². The molecule has 0 aliphatic heterocycles. The van der Waals surface area contributed by atoms with E-state index >= 15 is 0 Å². The minimum absolute atomic E-state index is 0.347. The smallest absolute Gasteiger partial charge is 0.305 e. The normalized spacial score (nSPS) is 15.4. The summed E-state index contributed by atoms with van der Waals surface area (Å²) in [6.45, 7) is 1.19. The average molecular weight is 252 g/mol. The summed E-state index contributed by atoms with van der Waals surface area (Å²) >= 11 is 0. The molecule has 0 aromatic heterocycles. The lowest BCUT2D eigenvalue weighted by atomic mass is 9.83. The molecular weight excluding hydrogens is 235 g/mol. The van der Waals surface area contributed by atoms with Crippen LogP contribution in [0.2, 0.25) is 0 Å². The van der Waals surface area contributed by atoms with Gasteiger partial charge in [0, 0.05) is 18.2 Å². The van der Waals surface area contributed by atoms with Crippen molar-refractivity contribution in [2.45, 2.75) is 32.2 Å². The lowest BCUT2D eigenvalue weighted by molar-refractivity contribution is -0.387. The number of nitro groups is 1. The van der Waals surface area contributed by atoms with Crippen LogP contribution in [-0.2, 0) is 6.54 Å². The molecule has 98 valence electrons. The molecule has 2 rings (SSSR count). The second kappa shape index (κ2) is 5.91. The molecular formula is C13H17FN2O2. The van der Waals surface area contributed by atoms with E-state index in [4.69, 9.17) is 0 Å². The summed E-state index contributed by atoms with van der Waals surface area (Å²) in [6, 6.07) is 4.29. The zero-order valence-electron chi connectivity index (χ0n) is 10.2. The number of hydrogen-bond acceptors (Lipinski definition) is 3. The third kappa shape index (κ3) is 3.04. The number of rotatable bonds is 6. The quantitative estimate of drug-likeness (QED) is 0.481. The van der Waals surface area contributed by atoms with E-state index in [1.54, 1.807) is 6.07 Å². The minimum Gasteiger partial charge on any atom is -0.313 e. The first-order chi connectivity index (χ1) is 8.68. The molecule has 1 N–H and O–H groups in total. The molecule has 0 bridgehead atoms. The highest BCUT2D eigenvalue weighted by molar-refractivity contribution is 5.36. The molecule has 1 aliphatic carbocycles. The van der Waals surface area contributed by atoms with Gasteiger partial charge in [-0.1, -0.05) is 31.4 Å². The zero-order valence-corrected chi connectivity index (χ0v) is 10.2. The van der Waals surface area contributed by atoms with Crippen molar-refractivity contribution in [3.63, 3.8) is 0 Å². The van der Waals surface area contributed by atoms with E-state index in [0.717, 1.165) is 18.9 Å². The van der Waals surface area contributed by atoms with Crippen molar-refractivity contribution in [3.8, 4) is 0 Å². The summed E-state index contributed by atoms with van der Waals surface area (Å²) in [7, 11) is 0. The van der Waals surface area contributed by atoms with Crippen molar-refractivity contribution in [1.29, 1.82) is 0 Å². The molecule has 0 amide bonds. The van der Waals surface area contributed by atoms with Crippen LogP contribution in [-0.4, -0.2) is 11.5 Å². The first-order valence-electron chi connectivity index (χ1n) is 6.31. The van der Waals surface area contributed by atoms with Crippen LogP contribution in [0.25, 0.3) is 0 Å². The van der Waals surface area contributed by atoms with Gasteiger partial charge < -0.3 is 5.32 Å². The standard InChI is InChI=1S/C13H17FN2O2/c14-13-11(5-2-6-12(13)16(17)18)9-15-8-7-10-3-1-4-10/h2,5-6,10,15H,1,3-4,7-9H2. The van der Waals surface area contributed by atoms with E-state index in [2.05, 4.69) is 5.32 Å². The van der Waals surface area contributed by atoms with E-state index in [1.165, 1.54) is 31.4 Å². The Labute approximate surface area is 105 Å². The Morgan fingerprint density at radius 3 is 2.83 bits per heavy atom. The van der Waals surface area contributed by atoms with Crippen LogP contribution >= 0.6 is 0 Å². The number of halogens is 1. The van der Waals surface area contributed by atoms with E-state index in [9.17, 15) is 14.5 Å². The van der Waals surface area contributed by atoms with Gasteiger partial charge in [-0.25, -0.2) is 0 Å². The van der Waals surface area contributed by atoms with Crippen molar-refractivity contribution >= 4 is 5.69 Å². The predicted molar refractivity (Wildman–Crippen MR) is 66.7 cm³/mol. The van der Waals surface area contributed by atoms with Gasteiger partial charge in [0.05, 0.1) is 4.92 Å². The molecule has 18 heavy (non-hydrogen) atoms. The maximum Gasteiger partial charge on any atom is 0.305 e. The largest absolute Gasteiger partial charge is 0.313 e. The van der Waals surface area contributed by atoms with Crippen LogP contribution in [0.3, 0.4) is 0 Å². The van der Waals surface area contributed by atoms with E-state index in [0.29, 0.717) is 12.1 Å². The van der Waals surface area contributed by atoms with Crippen LogP contribution in [0, 0.1) is 21.8 Å². The Morgan fingerprint density at radius 1 is 1.44 bits per heavy atom. The molecule has 0 unspecified atom stereocenters. The van der Waals surface area contributed by atoms with Gasteiger partial charge in [-0.3, -0.25) is 10.1 Å². The lowest BCUT2D eigenvalue weighted by Crippen LogP contribution is -2.21. The Hall–Kier alpha value is -1.49. The fraction of sp³-hybridized carbons (Fsp3) is 0.538. The van der Waals surface area contributed by atoms with Crippen molar-refractivity contribution in [2.75, 3.05) is 6.54 Å². The van der Waals surface area contributed by atoms with Crippen LogP contribution in [0.4, 0.5) is 10.1 Å². The second-order valence-corrected chi connectivity index (χ2v) is 4.77. The predicted octanol–water partition coefficient (Wildman–Crippen LogP) is 3.01. The summed E-state index contributed by atoms with van der Waals surface area (Å²) in [5, 5.41) is 13.7. The van der Waals surface area contributed by atoms with Crippen LogP contribution in [0.1, 0.15) is 31.2 Å². The SMILES string of the molecule is O=[N+]([O-])c1cccc(CNCCC2CCC2)c1F. The van der Waals surface area contributed by atoms with E-state index in [1.807, 2.05) is 0 Å². The molecule has 1 saturated carbocycles. The molecule has 1 fully saturated rings. The highest BCUT2D eigenvalue weighted by Crippen LogP contribution is 2.28. The third-order valence-corrected chi connectivity index (χ3v) is 3.52. The minimum atomic E-state index is -0.723. The van der Waals surface area contributed by atoms with Gasteiger partial charge in [0.1, 0.15) is 0 Å². The summed E-state index contributed by atoms with van der Waals surface area (Å²) in [4.78, 5) is 9.90. The third-order valence-electron chi connectivity index (χ3n) is 3.52. The molecule has 4 nitrogen and oxygen atoms in total. The molecule has 1 aromatic rings. The lowest BCUT2D eigenvalue weighted by Gasteiger charge is -2.25. The Morgan fingerprint density at radius 2 is 2.22 bits per heavy atom. The van der Waals surface area contributed by atoms with Crippen molar-refractivity contribution in [2.24, 2.45) is 5.92 Å². The van der Waals surface area contributed by atoms with E-state index < -0.39 is 16.4 Å².